The molecule has 0 aliphatic rings. The van der Waals surface area contributed by atoms with Crippen molar-refractivity contribution < 1.29 is 18.7 Å². The van der Waals surface area contributed by atoms with E-state index in [-0.39, 0.29) is 12.5 Å². The number of carbonyl (C=O) groups excluding carboxylic acids is 1. The van der Waals surface area contributed by atoms with E-state index in [1.165, 1.54) is 0 Å². The average Bonchev–Trinajstić information content (AvgIpc) is 3.40. The lowest BCUT2D eigenvalue weighted by Gasteiger charge is -2.12. The van der Waals surface area contributed by atoms with E-state index in [0.717, 1.165) is 17.1 Å². The van der Waals surface area contributed by atoms with E-state index in [0.29, 0.717) is 30.0 Å². The number of fused-ring (bicyclic) bond motifs is 1. The number of ether oxygens (including phenoxy) is 2. The number of pyridine rings is 1. The van der Waals surface area contributed by atoms with Gasteiger partial charge in [0.1, 0.15) is 18.0 Å². The van der Waals surface area contributed by atoms with Crippen LogP contribution in [-0.4, -0.2) is 22.4 Å². The number of imidazole rings is 1. The second-order valence-corrected chi connectivity index (χ2v) is 6.48. The maximum Gasteiger partial charge on any atom is 0.224 e. The Morgan fingerprint density at radius 2 is 2.10 bits per heavy atom. The molecule has 3 aromatic heterocycles. The van der Waals surface area contributed by atoms with E-state index < -0.39 is 0 Å². The maximum absolute atomic E-state index is 12.2. The molecule has 0 atom stereocenters. The fourth-order valence-electron chi connectivity index (χ4n) is 2.99. The summed E-state index contributed by atoms with van der Waals surface area (Å²) >= 11 is 0. The maximum atomic E-state index is 12.2. The van der Waals surface area contributed by atoms with Crippen LogP contribution in [0.3, 0.4) is 0 Å². The van der Waals surface area contributed by atoms with Crippen LogP contribution in [0.25, 0.3) is 5.65 Å². The molecule has 1 amide bonds. The van der Waals surface area contributed by atoms with Crippen LogP contribution >= 0.6 is 0 Å². The van der Waals surface area contributed by atoms with Gasteiger partial charge in [-0.25, -0.2) is 4.98 Å². The van der Waals surface area contributed by atoms with Gasteiger partial charge in [0, 0.05) is 37.0 Å². The van der Waals surface area contributed by atoms with Crippen LogP contribution in [0.1, 0.15) is 17.9 Å². The van der Waals surface area contributed by atoms with Gasteiger partial charge in [0.25, 0.3) is 0 Å². The first-order valence-corrected chi connectivity index (χ1v) is 9.27. The Kier molecular flexibility index (Phi) is 5.47. The minimum Gasteiger partial charge on any atom is -0.493 e. The molecule has 1 aromatic carbocycles. The number of hydrogen-bond acceptors (Lipinski definition) is 5. The number of furan rings is 1. The summed E-state index contributed by atoms with van der Waals surface area (Å²) in [4.78, 5) is 16.7. The smallest absolute Gasteiger partial charge is 0.224 e. The molecule has 0 saturated heterocycles. The Morgan fingerprint density at radius 1 is 1.17 bits per heavy atom. The number of amides is 1. The third kappa shape index (κ3) is 4.57. The number of aromatic nitrogens is 2. The van der Waals surface area contributed by atoms with E-state index in [9.17, 15) is 4.79 Å². The molecular weight excluding hydrogens is 370 g/mol. The molecule has 0 unspecified atom stereocenters. The van der Waals surface area contributed by atoms with Crippen molar-refractivity contribution in [2.24, 2.45) is 0 Å². The average molecular weight is 391 g/mol. The van der Waals surface area contributed by atoms with Gasteiger partial charge >= 0.3 is 0 Å². The van der Waals surface area contributed by atoms with Crippen LogP contribution in [0.4, 0.5) is 5.69 Å². The van der Waals surface area contributed by atoms with Gasteiger partial charge in [0.05, 0.1) is 19.1 Å². The van der Waals surface area contributed by atoms with Crippen molar-refractivity contribution >= 4 is 17.2 Å². The highest BCUT2D eigenvalue weighted by molar-refractivity contribution is 5.91. The SMILES string of the molecule is COc1ccc(NC(=O)CCc2ccco2)cc1OCc1cn2ccccc2n1. The predicted molar refractivity (Wildman–Crippen MR) is 108 cm³/mol. The van der Waals surface area contributed by atoms with Gasteiger partial charge in [0.15, 0.2) is 11.5 Å². The topological polar surface area (TPSA) is 78.0 Å². The third-order valence-electron chi connectivity index (χ3n) is 4.42. The molecule has 0 bridgehead atoms. The molecule has 0 radical (unpaired) electrons. The van der Waals surface area contributed by atoms with E-state index >= 15 is 0 Å². The second kappa shape index (κ2) is 8.52. The van der Waals surface area contributed by atoms with Crippen LogP contribution in [-0.2, 0) is 17.8 Å². The first-order valence-electron chi connectivity index (χ1n) is 9.27. The molecule has 4 aromatic rings. The van der Waals surface area contributed by atoms with Crippen molar-refractivity contribution in [3.63, 3.8) is 0 Å². The largest absolute Gasteiger partial charge is 0.493 e. The summed E-state index contributed by atoms with van der Waals surface area (Å²) < 4.78 is 18.5. The van der Waals surface area contributed by atoms with Crippen LogP contribution in [0.2, 0.25) is 0 Å². The van der Waals surface area contributed by atoms with Crippen molar-refractivity contribution in [3.05, 3.63) is 78.6 Å². The lowest BCUT2D eigenvalue weighted by atomic mass is 10.2. The fourth-order valence-corrected chi connectivity index (χ4v) is 2.99. The van der Waals surface area contributed by atoms with Crippen LogP contribution in [0.5, 0.6) is 11.5 Å². The normalized spacial score (nSPS) is 10.8. The lowest BCUT2D eigenvalue weighted by Crippen LogP contribution is -2.12. The van der Waals surface area contributed by atoms with Crippen molar-refractivity contribution in [3.8, 4) is 11.5 Å². The number of methoxy groups -OCH3 is 1. The number of aryl methyl sites for hydroxylation is 1. The molecule has 148 valence electrons. The molecular formula is C22H21N3O4. The molecule has 29 heavy (non-hydrogen) atoms. The van der Waals surface area contributed by atoms with Crippen molar-refractivity contribution in [1.82, 2.24) is 9.38 Å². The molecule has 0 saturated carbocycles. The highest BCUT2D eigenvalue weighted by Gasteiger charge is 2.10. The summed E-state index contributed by atoms with van der Waals surface area (Å²) in [7, 11) is 1.58. The van der Waals surface area contributed by atoms with Crippen molar-refractivity contribution in [1.29, 1.82) is 0 Å². The van der Waals surface area contributed by atoms with Gasteiger partial charge in [-0.05, 0) is 36.4 Å². The number of nitrogens with zero attached hydrogens (tertiary/aromatic N) is 2. The quantitative estimate of drug-likeness (QED) is 0.490. The Morgan fingerprint density at radius 3 is 2.90 bits per heavy atom. The summed E-state index contributed by atoms with van der Waals surface area (Å²) in [5.41, 5.74) is 2.29. The van der Waals surface area contributed by atoms with E-state index in [1.807, 2.05) is 47.1 Å². The molecule has 0 aliphatic carbocycles. The monoisotopic (exact) mass is 391 g/mol. The number of benzene rings is 1. The lowest BCUT2D eigenvalue weighted by molar-refractivity contribution is -0.116. The van der Waals surface area contributed by atoms with Gasteiger partial charge in [0.2, 0.25) is 5.91 Å². The Bertz CT molecular complexity index is 1070. The fraction of sp³-hybridized carbons (Fsp3) is 0.182. The summed E-state index contributed by atoms with van der Waals surface area (Å²) in [6, 6.07) is 14.8. The molecule has 3 heterocycles. The number of anilines is 1. The molecule has 0 aliphatic heterocycles. The van der Waals surface area contributed by atoms with Gasteiger partial charge in [-0.2, -0.15) is 0 Å². The third-order valence-corrected chi connectivity index (χ3v) is 4.42. The number of nitrogens with one attached hydrogen (secondary N) is 1. The first-order chi connectivity index (χ1) is 14.2. The number of rotatable bonds is 8. The van der Waals surface area contributed by atoms with E-state index in [1.54, 1.807) is 31.6 Å². The standard InChI is InChI=1S/C22H21N3O4/c1-27-19-9-7-16(24-22(26)10-8-18-5-4-12-28-18)13-20(19)29-15-17-14-25-11-3-2-6-21(25)23-17/h2-7,9,11-14H,8,10,15H2,1H3,(H,24,26). The van der Waals surface area contributed by atoms with Crippen LogP contribution in [0.15, 0.2) is 71.6 Å². The van der Waals surface area contributed by atoms with E-state index in [4.69, 9.17) is 13.9 Å². The summed E-state index contributed by atoms with van der Waals surface area (Å²) in [6.45, 7) is 0.286. The van der Waals surface area contributed by atoms with Gasteiger partial charge in [-0.1, -0.05) is 6.07 Å². The molecule has 0 spiro atoms. The highest BCUT2D eigenvalue weighted by atomic mass is 16.5. The Labute approximate surface area is 167 Å². The van der Waals surface area contributed by atoms with Gasteiger partial charge < -0.3 is 23.6 Å². The van der Waals surface area contributed by atoms with Crippen LogP contribution in [0, 0.1) is 0 Å². The second-order valence-electron chi connectivity index (χ2n) is 6.48. The van der Waals surface area contributed by atoms with Gasteiger partial charge in [-0.15, -0.1) is 0 Å². The zero-order chi connectivity index (χ0) is 20.1. The highest BCUT2D eigenvalue weighted by Crippen LogP contribution is 2.31. The minimum atomic E-state index is -0.0992. The van der Waals surface area contributed by atoms with Crippen molar-refractivity contribution in [2.75, 3.05) is 12.4 Å². The summed E-state index contributed by atoms with van der Waals surface area (Å²) in [5.74, 6) is 1.81. The Hall–Kier alpha value is -3.74. The molecule has 4 rings (SSSR count). The summed E-state index contributed by atoms with van der Waals surface area (Å²) in [5, 5.41) is 2.88. The van der Waals surface area contributed by atoms with Crippen molar-refractivity contribution in [2.45, 2.75) is 19.4 Å². The first kappa shape index (κ1) is 18.6. The van der Waals surface area contributed by atoms with Crippen LogP contribution < -0.4 is 14.8 Å². The molecule has 7 nitrogen and oxygen atoms in total. The molecule has 0 fully saturated rings. The predicted octanol–water partition coefficient (Wildman–Crippen LogP) is 4.09. The Balaban J connectivity index is 1.41. The van der Waals surface area contributed by atoms with E-state index in [2.05, 4.69) is 10.3 Å². The number of carbonyl (C=O) groups is 1. The number of hydrogen-bond donors (Lipinski definition) is 1. The minimum absolute atomic E-state index is 0.0992. The molecule has 1 N–H and O–H groups in total. The zero-order valence-corrected chi connectivity index (χ0v) is 16.0. The van der Waals surface area contributed by atoms with Gasteiger partial charge in [-0.3, -0.25) is 4.79 Å². The molecule has 7 heteroatoms. The zero-order valence-electron chi connectivity index (χ0n) is 16.0. The summed E-state index contributed by atoms with van der Waals surface area (Å²) in [6.07, 6.45) is 6.33.